The van der Waals surface area contributed by atoms with E-state index in [1.165, 1.54) is 32.1 Å². The fourth-order valence-corrected chi connectivity index (χ4v) is 8.01. The smallest absolute Gasteiger partial charge is 0.231 e. The zero-order valence-corrected chi connectivity index (χ0v) is 18.6. The first-order valence-electron chi connectivity index (χ1n) is 11.3. The van der Waals surface area contributed by atoms with Gasteiger partial charge in [-0.05, 0) is 38.0 Å². The van der Waals surface area contributed by atoms with Gasteiger partial charge in [-0.15, -0.1) is 23.5 Å². The van der Waals surface area contributed by atoms with Crippen LogP contribution in [-0.2, 0) is 14.3 Å². The molecule has 7 nitrogen and oxygen atoms in total. The van der Waals surface area contributed by atoms with Crippen molar-refractivity contribution < 1.29 is 14.3 Å². The second kappa shape index (κ2) is 9.63. The Kier molecular flexibility index (Phi) is 6.92. The van der Waals surface area contributed by atoms with Crippen molar-refractivity contribution in [1.29, 1.82) is 0 Å². The number of hydrogen-bond donors (Lipinski definition) is 3. The Balaban J connectivity index is 1.04. The number of nitrogens with zero attached hydrogens (tertiary/aromatic N) is 1. The van der Waals surface area contributed by atoms with Gasteiger partial charge in [0, 0.05) is 30.9 Å². The first kappa shape index (κ1) is 20.8. The molecule has 0 spiro atoms. The normalized spacial score (nSPS) is 42.6. The average molecular weight is 443 g/mol. The molecule has 2 aliphatic carbocycles. The number of thioether (sulfide) groups is 2. The number of carbonyl (C=O) groups excluding carboxylic acids is 1. The number of nitrogens with one attached hydrogen (secondary N) is 3. The van der Waals surface area contributed by atoms with Crippen LogP contribution < -0.4 is 16.0 Å². The highest BCUT2D eigenvalue weighted by Crippen LogP contribution is 2.36. The molecule has 2 saturated carbocycles. The molecule has 0 aromatic rings. The fourth-order valence-electron chi connectivity index (χ4n) is 5.47. The van der Waals surface area contributed by atoms with Crippen LogP contribution in [0.2, 0.25) is 0 Å². The number of carbonyl (C=O) groups is 1. The predicted molar refractivity (Wildman–Crippen MR) is 116 cm³/mol. The Morgan fingerprint density at radius 1 is 1.17 bits per heavy atom. The van der Waals surface area contributed by atoms with Crippen molar-refractivity contribution in [1.82, 2.24) is 20.9 Å². The van der Waals surface area contributed by atoms with Crippen molar-refractivity contribution in [2.24, 2.45) is 5.92 Å². The number of ether oxygens (including phenoxy) is 2. The minimum atomic E-state index is 0.0904. The Morgan fingerprint density at radius 3 is 3.00 bits per heavy atom. The highest BCUT2D eigenvalue weighted by molar-refractivity contribution is 8.01. The average Bonchev–Trinajstić information content (AvgIpc) is 3.45. The maximum absolute atomic E-state index is 12.5. The van der Waals surface area contributed by atoms with E-state index in [4.69, 9.17) is 9.47 Å². The summed E-state index contributed by atoms with van der Waals surface area (Å²) in [5, 5.41) is 11.0. The van der Waals surface area contributed by atoms with E-state index in [9.17, 15) is 4.79 Å². The number of fused-ring (bicyclic) bond motifs is 2. The summed E-state index contributed by atoms with van der Waals surface area (Å²) in [6.45, 7) is 3.62. The largest absolute Gasteiger partial charge is 0.349 e. The molecule has 0 aromatic carbocycles. The second-order valence-electron chi connectivity index (χ2n) is 9.00. The molecular weight excluding hydrogens is 408 g/mol. The third kappa shape index (κ3) is 5.07. The van der Waals surface area contributed by atoms with Crippen molar-refractivity contribution in [3.8, 4) is 0 Å². The highest BCUT2D eigenvalue weighted by Gasteiger charge is 2.38. The first-order valence-corrected chi connectivity index (χ1v) is 13.3. The van der Waals surface area contributed by atoms with Gasteiger partial charge in [0.2, 0.25) is 5.91 Å². The summed E-state index contributed by atoms with van der Waals surface area (Å²) in [7, 11) is 0. The van der Waals surface area contributed by atoms with Crippen LogP contribution in [0, 0.1) is 5.92 Å². The Labute approximate surface area is 182 Å². The van der Waals surface area contributed by atoms with Crippen molar-refractivity contribution in [2.45, 2.75) is 79.4 Å². The molecule has 7 unspecified atom stereocenters. The predicted octanol–water partition coefficient (Wildman–Crippen LogP) is 1.50. The van der Waals surface area contributed by atoms with Crippen molar-refractivity contribution in [3.63, 3.8) is 0 Å². The molecule has 0 radical (unpaired) electrons. The quantitative estimate of drug-likeness (QED) is 0.572. The molecule has 5 rings (SSSR count). The summed E-state index contributed by atoms with van der Waals surface area (Å²) in [5.74, 6) is 1.32. The zero-order chi connectivity index (χ0) is 19.6. The van der Waals surface area contributed by atoms with Crippen LogP contribution in [0.25, 0.3) is 0 Å². The van der Waals surface area contributed by atoms with Crippen LogP contribution in [0.4, 0.5) is 0 Å². The summed E-state index contributed by atoms with van der Waals surface area (Å²) in [6, 6.07) is 0.586. The maximum Gasteiger partial charge on any atom is 0.231 e. The Hall–Kier alpha value is -0.0300. The topological polar surface area (TPSA) is 74.9 Å². The summed E-state index contributed by atoms with van der Waals surface area (Å²) in [5.41, 5.74) is 0.332. The van der Waals surface area contributed by atoms with Gasteiger partial charge >= 0.3 is 0 Å². The zero-order valence-electron chi connectivity index (χ0n) is 17.0. The molecular formula is C20H34N4O3S2. The van der Waals surface area contributed by atoms with E-state index in [1.54, 1.807) is 11.8 Å². The SMILES string of the molecule is O=C(CSC1NCCN1CC1CCC2OCOC2C1)NC1NC2CCCCC2S1. The minimum Gasteiger partial charge on any atom is -0.349 e. The summed E-state index contributed by atoms with van der Waals surface area (Å²) in [6.07, 6.45) is 9.23. The molecule has 5 aliphatic rings. The molecule has 9 heteroatoms. The monoisotopic (exact) mass is 442 g/mol. The van der Waals surface area contributed by atoms with Gasteiger partial charge < -0.3 is 14.8 Å². The van der Waals surface area contributed by atoms with Crippen LogP contribution in [0.1, 0.15) is 44.9 Å². The Morgan fingerprint density at radius 2 is 2.07 bits per heavy atom. The van der Waals surface area contributed by atoms with Crippen LogP contribution in [0.5, 0.6) is 0 Å². The molecule has 7 atom stereocenters. The lowest BCUT2D eigenvalue weighted by molar-refractivity contribution is -0.118. The fraction of sp³-hybridized carbons (Fsp3) is 0.950. The van der Waals surface area contributed by atoms with Crippen LogP contribution in [0.3, 0.4) is 0 Å². The highest BCUT2D eigenvalue weighted by atomic mass is 32.2. The molecule has 3 aliphatic heterocycles. The van der Waals surface area contributed by atoms with Gasteiger partial charge in [0.15, 0.2) is 0 Å². The van der Waals surface area contributed by atoms with Gasteiger partial charge in [-0.25, -0.2) is 0 Å². The standard InChI is InChI=1S/C20H34N4O3S2/c25-18(23-19-22-14-3-1-2-4-17(14)29-19)11-28-20-21-7-8-24(20)10-13-5-6-15-16(9-13)27-12-26-15/h13-17,19-22H,1-12H2,(H,23,25). The van der Waals surface area contributed by atoms with Crippen molar-refractivity contribution in [2.75, 3.05) is 32.2 Å². The summed E-state index contributed by atoms with van der Waals surface area (Å²) < 4.78 is 11.4. The molecule has 5 fully saturated rings. The van der Waals surface area contributed by atoms with Gasteiger partial charge in [-0.3, -0.25) is 20.3 Å². The van der Waals surface area contributed by atoms with Crippen LogP contribution >= 0.6 is 23.5 Å². The lowest BCUT2D eigenvalue weighted by Gasteiger charge is -2.33. The number of hydrogen-bond acceptors (Lipinski definition) is 8. The third-order valence-electron chi connectivity index (χ3n) is 6.99. The first-order chi connectivity index (χ1) is 14.2. The lowest BCUT2D eigenvalue weighted by atomic mass is 9.85. The Bertz CT molecular complexity index is 572. The van der Waals surface area contributed by atoms with E-state index < -0.39 is 0 Å². The molecule has 3 saturated heterocycles. The molecule has 3 heterocycles. The van der Waals surface area contributed by atoms with Gasteiger partial charge in [0.05, 0.1) is 18.0 Å². The van der Waals surface area contributed by atoms with E-state index in [0.29, 0.717) is 42.0 Å². The van der Waals surface area contributed by atoms with Gasteiger partial charge in [-0.2, -0.15) is 0 Å². The maximum atomic E-state index is 12.5. The molecule has 3 N–H and O–H groups in total. The van der Waals surface area contributed by atoms with E-state index in [2.05, 4.69) is 20.9 Å². The van der Waals surface area contributed by atoms with E-state index in [1.807, 2.05) is 11.8 Å². The van der Waals surface area contributed by atoms with E-state index in [0.717, 1.165) is 32.5 Å². The molecule has 0 aromatic heterocycles. The second-order valence-corrected chi connectivity index (χ2v) is 11.4. The number of amides is 1. The number of rotatable bonds is 6. The van der Waals surface area contributed by atoms with E-state index >= 15 is 0 Å². The molecule has 1 amide bonds. The van der Waals surface area contributed by atoms with Crippen LogP contribution in [-0.4, -0.2) is 77.5 Å². The van der Waals surface area contributed by atoms with Gasteiger partial charge in [-0.1, -0.05) is 12.8 Å². The van der Waals surface area contributed by atoms with E-state index in [-0.39, 0.29) is 16.9 Å². The van der Waals surface area contributed by atoms with Gasteiger partial charge in [0.1, 0.15) is 17.8 Å². The third-order valence-corrected chi connectivity index (χ3v) is 9.64. The molecule has 29 heavy (non-hydrogen) atoms. The van der Waals surface area contributed by atoms with Gasteiger partial charge in [0.25, 0.3) is 0 Å². The summed E-state index contributed by atoms with van der Waals surface area (Å²) in [4.78, 5) is 15.0. The summed E-state index contributed by atoms with van der Waals surface area (Å²) >= 11 is 3.64. The molecule has 0 bridgehead atoms. The van der Waals surface area contributed by atoms with Crippen molar-refractivity contribution >= 4 is 29.4 Å². The lowest BCUT2D eigenvalue weighted by Crippen LogP contribution is -2.45. The van der Waals surface area contributed by atoms with Crippen molar-refractivity contribution in [3.05, 3.63) is 0 Å². The minimum absolute atomic E-state index is 0.0904. The molecule has 164 valence electrons. The van der Waals surface area contributed by atoms with Crippen LogP contribution in [0.15, 0.2) is 0 Å².